The van der Waals surface area contributed by atoms with Crippen LogP contribution in [0.5, 0.6) is 0 Å². The molecule has 0 radical (unpaired) electrons. The first-order chi connectivity index (χ1) is 8.34. The van der Waals surface area contributed by atoms with Gasteiger partial charge in [0.1, 0.15) is 0 Å². The molecule has 3 heteroatoms. The molecule has 0 unspecified atom stereocenters. The van der Waals surface area contributed by atoms with Gasteiger partial charge in [-0.05, 0) is 30.9 Å². The molecule has 3 rings (SSSR count). The van der Waals surface area contributed by atoms with Crippen molar-refractivity contribution in [1.29, 1.82) is 0 Å². The van der Waals surface area contributed by atoms with Crippen LogP contribution in [0, 0.1) is 5.92 Å². The van der Waals surface area contributed by atoms with Gasteiger partial charge >= 0.3 is 0 Å². The highest BCUT2D eigenvalue weighted by atomic mass is 15.2. The Balaban J connectivity index is 1.90. The summed E-state index contributed by atoms with van der Waals surface area (Å²) in [7, 11) is 0. The largest absolute Gasteiger partial charge is 0.369 e. The first kappa shape index (κ1) is 10.6. The lowest BCUT2D eigenvalue weighted by Crippen LogP contribution is -2.15. The number of para-hydroxylation sites is 2. The molecule has 0 aliphatic heterocycles. The van der Waals surface area contributed by atoms with Crippen molar-refractivity contribution in [1.82, 2.24) is 9.55 Å². The number of fused-ring (bicyclic) bond motifs is 1. The van der Waals surface area contributed by atoms with E-state index >= 15 is 0 Å². The molecule has 2 aromatic rings. The van der Waals surface area contributed by atoms with Crippen molar-refractivity contribution in [2.75, 3.05) is 5.73 Å². The molecule has 90 valence electrons. The molecule has 17 heavy (non-hydrogen) atoms. The third-order valence-electron chi connectivity index (χ3n) is 3.85. The first-order valence-corrected chi connectivity index (χ1v) is 6.55. The molecule has 3 nitrogen and oxygen atoms in total. The second kappa shape index (κ2) is 4.40. The summed E-state index contributed by atoms with van der Waals surface area (Å²) in [6.07, 6.45) is 6.82. The van der Waals surface area contributed by atoms with Gasteiger partial charge in [0.15, 0.2) is 0 Å². The van der Waals surface area contributed by atoms with E-state index in [0.29, 0.717) is 5.95 Å². The maximum Gasteiger partial charge on any atom is 0.201 e. The van der Waals surface area contributed by atoms with Gasteiger partial charge in [-0.2, -0.15) is 0 Å². The van der Waals surface area contributed by atoms with Crippen LogP contribution in [0.15, 0.2) is 24.3 Å². The molecule has 2 N–H and O–H groups in total. The Labute approximate surface area is 102 Å². The van der Waals surface area contributed by atoms with Crippen molar-refractivity contribution in [3.05, 3.63) is 24.3 Å². The van der Waals surface area contributed by atoms with Crippen LogP contribution in [-0.4, -0.2) is 9.55 Å². The van der Waals surface area contributed by atoms with Crippen molar-refractivity contribution in [3.8, 4) is 0 Å². The molecular weight excluding hydrogens is 210 g/mol. The molecule has 0 atom stereocenters. The summed E-state index contributed by atoms with van der Waals surface area (Å²) in [5.74, 6) is 1.44. The van der Waals surface area contributed by atoms with Crippen LogP contribution >= 0.6 is 0 Å². The summed E-state index contributed by atoms with van der Waals surface area (Å²) < 4.78 is 2.19. The first-order valence-electron chi connectivity index (χ1n) is 6.55. The SMILES string of the molecule is Nc1nc2ccccc2n1CC1CCCCC1. The van der Waals surface area contributed by atoms with E-state index in [1.54, 1.807) is 0 Å². The number of hydrogen-bond donors (Lipinski definition) is 1. The number of hydrogen-bond acceptors (Lipinski definition) is 2. The Morgan fingerprint density at radius 2 is 1.94 bits per heavy atom. The molecule has 1 fully saturated rings. The number of imidazole rings is 1. The van der Waals surface area contributed by atoms with Crippen LogP contribution in [0.1, 0.15) is 32.1 Å². The number of nitrogen functional groups attached to an aromatic ring is 1. The summed E-state index contributed by atoms with van der Waals surface area (Å²) in [6.45, 7) is 1.03. The molecule has 0 bridgehead atoms. The number of aromatic nitrogens is 2. The van der Waals surface area contributed by atoms with E-state index in [4.69, 9.17) is 5.73 Å². The van der Waals surface area contributed by atoms with Gasteiger partial charge in [-0.25, -0.2) is 4.98 Å². The average molecular weight is 229 g/mol. The number of anilines is 1. The van der Waals surface area contributed by atoms with Crippen LogP contribution in [0.4, 0.5) is 5.95 Å². The lowest BCUT2D eigenvalue weighted by atomic mass is 9.89. The van der Waals surface area contributed by atoms with Gasteiger partial charge < -0.3 is 10.3 Å². The minimum atomic E-state index is 0.664. The molecule has 0 spiro atoms. The van der Waals surface area contributed by atoms with E-state index in [2.05, 4.69) is 21.7 Å². The Bertz CT molecular complexity index is 509. The summed E-state index contributed by atoms with van der Waals surface area (Å²) in [5.41, 5.74) is 8.21. The minimum absolute atomic E-state index is 0.664. The normalized spacial score (nSPS) is 17.6. The number of benzene rings is 1. The predicted octanol–water partition coefficient (Wildman–Crippen LogP) is 3.20. The topological polar surface area (TPSA) is 43.8 Å². The van der Waals surface area contributed by atoms with Gasteiger partial charge in [0.2, 0.25) is 5.95 Å². The van der Waals surface area contributed by atoms with Gasteiger partial charge in [-0.15, -0.1) is 0 Å². The monoisotopic (exact) mass is 229 g/mol. The standard InChI is InChI=1S/C14H19N3/c15-14-16-12-8-4-5-9-13(12)17(14)10-11-6-2-1-3-7-11/h4-5,8-9,11H,1-3,6-7,10H2,(H2,15,16). The highest BCUT2D eigenvalue weighted by Crippen LogP contribution is 2.27. The summed E-state index contributed by atoms with van der Waals surface area (Å²) in [4.78, 5) is 4.42. The van der Waals surface area contributed by atoms with Gasteiger partial charge in [0.05, 0.1) is 11.0 Å². The van der Waals surface area contributed by atoms with Crippen LogP contribution in [0.25, 0.3) is 11.0 Å². The Morgan fingerprint density at radius 3 is 2.76 bits per heavy atom. The van der Waals surface area contributed by atoms with E-state index < -0.39 is 0 Å². The second-order valence-electron chi connectivity index (χ2n) is 5.07. The Kier molecular flexibility index (Phi) is 2.75. The van der Waals surface area contributed by atoms with Crippen LogP contribution in [0.2, 0.25) is 0 Å². The Hall–Kier alpha value is -1.51. The maximum absolute atomic E-state index is 6.02. The second-order valence-corrected chi connectivity index (χ2v) is 5.07. The fourth-order valence-corrected chi connectivity index (χ4v) is 2.91. The summed E-state index contributed by atoms with van der Waals surface area (Å²) >= 11 is 0. The van der Waals surface area contributed by atoms with E-state index in [1.165, 1.54) is 37.6 Å². The highest BCUT2D eigenvalue weighted by molar-refractivity contribution is 5.78. The summed E-state index contributed by atoms with van der Waals surface area (Å²) in [5, 5.41) is 0. The zero-order valence-corrected chi connectivity index (χ0v) is 10.1. The molecule has 1 aliphatic rings. The number of rotatable bonds is 2. The van der Waals surface area contributed by atoms with Crippen molar-refractivity contribution in [2.45, 2.75) is 38.6 Å². The fraction of sp³-hybridized carbons (Fsp3) is 0.500. The van der Waals surface area contributed by atoms with E-state index in [-0.39, 0.29) is 0 Å². The predicted molar refractivity (Wildman–Crippen MR) is 70.7 cm³/mol. The number of nitrogens with zero attached hydrogens (tertiary/aromatic N) is 2. The molecular formula is C14H19N3. The maximum atomic E-state index is 6.02. The lowest BCUT2D eigenvalue weighted by molar-refractivity contribution is 0.323. The fourth-order valence-electron chi connectivity index (χ4n) is 2.91. The Morgan fingerprint density at radius 1 is 1.18 bits per heavy atom. The molecule has 1 heterocycles. The average Bonchev–Trinajstić information content (AvgIpc) is 2.68. The zero-order valence-electron chi connectivity index (χ0n) is 10.1. The minimum Gasteiger partial charge on any atom is -0.369 e. The van der Waals surface area contributed by atoms with Gasteiger partial charge in [0, 0.05) is 6.54 Å². The molecule has 0 saturated heterocycles. The molecule has 1 aromatic heterocycles. The lowest BCUT2D eigenvalue weighted by Gasteiger charge is -2.22. The van der Waals surface area contributed by atoms with Crippen LogP contribution in [0.3, 0.4) is 0 Å². The van der Waals surface area contributed by atoms with E-state index in [1.807, 2.05) is 12.1 Å². The van der Waals surface area contributed by atoms with Crippen molar-refractivity contribution in [3.63, 3.8) is 0 Å². The van der Waals surface area contributed by atoms with Crippen molar-refractivity contribution in [2.24, 2.45) is 5.92 Å². The van der Waals surface area contributed by atoms with E-state index in [0.717, 1.165) is 18.0 Å². The highest BCUT2D eigenvalue weighted by Gasteiger charge is 2.16. The smallest absolute Gasteiger partial charge is 0.201 e. The third kappa shape index (κ3) is 2.02. The third-order valence-corrected chi connectivity index (χ3v) is 3.85. The van der Waals surface area contributed by atoms with Gasteiger partial charge in [-0.3, -0.25) is 0 Å². The van der Waals surface area contributed by atoms with Gasteiger partial charge in [-0.1, -0.05) is 31.4 Å². The zero-order chi connectivity index (χ0) is 11.7. The molecule has 1 aromatic carbocycles. The quantitative estimate of drug-likeness (QED) is 0.859. The van der Waals surface area contributed by atoms with Crippen LogP contribution in [-0.2, 0) is 6.54 Å². The van der Waals surface area contributed by atoms with Crippen LogP contribution < -0.4 is 5.73 Å². The van der Waals surface area contributed by atoms with Crippen molar-refractivity contribution < 1.29 is 0 Å². The number of nitrogens with two attached hydrogens (primary N) is 1. The molecule has 0 amide bonds. The van der Waals surface area contributed by atoms with Crippen molar-refractivity contribution >= 4 is 17.0 Å². The van der Waals surface area contributed by atoms with Gasteiger partial charge in [0.25, 0.3) is 0 Å². The summed E-state index contributed by atoms with van der Waals surface area (Å²) in [6, 6.07) is 8.21. The molecule has 1 aliphatic carbocycles. The van der Waals surface area contributed by atoms with E-state index in [9.17, 15) is 0 Å². The molecule has 1 saturated carbocycles.